The van der Waals surface area contributed by atoms with E-state index in [1.165, 1.54) is 25.9 Å². The Morgan fingerprint density at radius 2 is 2.14 bits per heavy atom. The summed E-state index contributed by atoms with van der Waals surface area (Å²) < 4.78 is 5.07. The zero-order chi connectivity index (χ0) is 15.1. The molecule has 5 heteroatoms. The first kappa shape index (κ1) is 15.6. The summed E-state index contributed by atoms with van der Waals surface area (Å²) in [5.74, 6) is -0.327. The zero-order valence-electron chi connectivity index (χ0n) is 12.7. The molecule has 0 saturated carbocycles. The lowest BCUT2D eigenvalue weighted by Crippen LogP contribution is -2.22. The highest BCUT2D eigenvalue weighted by Gasteiger charge is 2.15. The number of nitrogens with zero attached hydrogens (tertiary/aromatic N) is 1. The molecule has 1 aromatic carbocycles. The van der Waals surface area contributed by atoms with Crippen LogP contribution in [0, 0.1) is 0 Å². The van der Waals surface area contributed by atoms with Crippen LogP contribution in [-0.2, 0) is 4.74 Å². The SMILES string of the molecule is CCOC(=O)c1cccc(N)c1NCCCN1CCCC1. The molecule has 0 unspecified atom stereocenters. The van der Waals surface area contributed by atoms with Gasteiger partial charge in [0.2, 0.25) is 0 Å². The van der Waals surface area contributed by atoms with Crippen LogP contribution in [0.25, 0.3) is 0 Å². The summed E-state index contributed by atoms with van der Waals surface area (Å²) in [5.41, 5.74) is 7.77. The maximum atomic E-state index is 11.9. The minimum Gasteiger partial charge on any atom is -0.462 e. The van der Waals surface area contributed by atoms with Crippen LogP contribution in [0.4, 0.5) is 11.4 Å². The first-order chi connectivity index (χ1) is 10.2. The molecule has 3 N–H and O–H groups in total. The second-order valence-electron chi connectivity index (χ2n) is 5.32. The molecule has 1 saturated heterocycles. The summed E-state index contributed by atoms with van der Waals surface area (Å²) in [5, 5.41) is 3.29. The fourth-order valence-electron chi connectivity index (χ4n) is 2.67. The number of ether oxygens (including phenoxy) is 1. The third-order valence-electron chi connectivity index (χ3n) is 3.74. The zero-order valence-corrected chi connectivity index (χ0v) is 12.7. The van der Waals surface area contributed by atoms with Crippen LogP contribution in [0.5, 0.6) is 0 Å². The molecule has 0 radical (unpaired) electrons. The minimum absolute atomic E-state index is 0.327. The van der Waals surface area contributed by atoms with Gasteiger partial charge in [-0.1, -0.05) is 6.07 Å². The number of rotatable bonds is 7. The molecule has 0 amide bonds. The molecule has 0 bridgehead atoms. The van der Waals surface area contributed by atoms with Gasteiger partial charge < -0.3 is 20.7 Å². The molecule has 1 aromatic rings. The number of esters is 1. The second-order valence-corrected chi connectivity index (χ2v) is 5.32. The molecule has 0 aromatic heterocycles. The minimum atomic E-state index is -0.327. The summed E-state index contributed by atoms with van der Waals surface area (Å²) in [7, 11) is 0. The Balaban J connectivity index is 1.90. The Hall–Kier alpha value is -1.75. The number of nitrogen functional groups attached to an aromatic ring is 1. The number of likely N-dealkylation sites (tertiary alicyclic amines) is 1. The van der Waals surface area contributed by atoms with Crippen molar-refractivity contribution in [2.24, 2.45) is 0 Å². The van der Waals surface area contributed by atoms with Crippen LogP contribution < -0.4 is 11.1 Å². The van der Waals surface area contributed by atoms with Crippen LogP contribution >= 0.6 is 0 Å². The van der Waals surface area contributed by atoms with Crippen LogP contribution in [-0.4, -0.2) is 43.7 Å². The standard InChI is InChI=1S/C16H25N3O2/c1-2-21-16(20)13-7-5-8-14(17)15(13)18-9-6-12-19-10-3-4-11-19/h5,7-8,18H,2-4,6,9-12,17H2,1H3. The van der Waals surface area contributed by atoms with E-state index in [4.69, 9.17) is 10.5 Å². The number of nitrogens with two attached hydrogens (primary N) is 1. The molecule has 2 rings (SSSR count). The smallest absolute Gasteiger partial charge is 0.340 e. The van der Waals surface area contributed by atoms with Gasteiger partial charge in [-0.3, -0.25) is 0 Å². The monoisotopic (exact) mass is 291 g/mol. The highest BCUT2D eigenvalue weighted by atomic mass is 16.5. The van der Waals surface area contributed by atoms with E-state index in [9.17, 15) is 4.79 Å². The molecule has 21 heavy (non-hydrogen) atoms. The average Bonchev–Trinajstić information content (AvgIpc) is 2.98. The number of benzene rings is 1. The Kier molecular flexibility index (Phi) is 5.87. The van der Waals surface area contributed by atoms with Gasteiger partial charge in [-0.05, 0) is 58.0 Å². The topological polar surface area (TPSA) is 67.6 Å². The maximum Gasteiger partial charge on any atom is 0.340 e. The number of carbonyl (C=O) groups excluding carboxylic acids is 1. The van der Waals surface area contributed by atoms with Crippen molar-refractivity contribution in [3.05, 3.63) is 23.8 Å². The Labute approximate surface area is 126 Å². The third kappa shape index (κ3) is 4.36. The molecule has 0 atom stereocenters. The first-order valence-electron chi connectivity index (χ1n) is 7.74. The van der Waals surface area contributed by atoms with E-state index in [2.05, 4.69) is 10.2 Å². The van der Waals surface area contributed by atoms with Crippen molar-refractivity contribution >= 4 is 17.3 Å². The second kappa shape index (κ2) is 7.88. The summed E-state index contributed by atoms with van der Waals surface area (Å²) in [4.78, 5) is 14.4. The van der Waals surface area contributed by atoms with Crippen molar-refractivity contribution in [1.82, 2.24) is 4.90 Å². The van der Waals surface area contributed by atoms with E-state index in [-0.39, 0.29) is 5.97 Å². The predicted molar refractivity (Wildman–Crippen MR) is 85.6 cm³/mol. The van der Waals surface area contributed by atoms with Crippen LogP contribution in [0.3, 0.4) is 0 Å². The number of nitrogens with one attached hydrogen (secondary N) is 1. The predicted octanol–water partition coefficient (Wildman–Crippen LogP) is 2.34. The van der Waals surface area contributed by atoms with E-state index in [0.29, 0.717) is 23.5 Å². The quantitative estimate of drug-likeness (QED) is 0.458. The third-order valence-corrected chi connectivity index (χ3v) is 3.74. The van der Waals surface area contributed by atoms with Crippen molar-refractivity contribution in [2.45, 2.75) is 26.2 Å². The summed E-state index contributed by atoms with van der Waals surface area (Å²) in [6.45, 7) is 6.48. The molecule has 0 aliphatic carbocycles. The van der Waals surface area contributed by atoms with Crippen LogP contribution in [0.2, 0.25) is 0 Å². The van der Waals surface area contributed by atoms with Crippen LogP contribution in [0.1, 0.15) is 36.5 Å². The molecule has 1 fully saturated rings. The molecule has 116 valence electrons. The first-order valence-corrected chi connectivity index (χ1v) is 7.74. The van der Waals surface area contributed by atoms with Crippen molar-refractivity contribution in [2.75, 3.05) is 43.8 Å². The van der Waals surface area contributed by atoms with Gasteiger partial charge in [0.1, 0.15) is 0 Å². The van der Waals surface area contributed by atoms with Gasteiger partial charge in [0.05, 0.1) is 23.5 Å². The fraction of sp³-hybridized carbons (Fsp3) is 0.562. The fourth-order valence-corrected chi connectivity index (χ4v) is 2.67. The van der Waals surface area contributed by atoms with Gasteiger partial charge in [-0.25, -0.2) is 4.79 Å². The lowest BCUT2D eigenvalue weighted by Gasteiger charge is -2.16. The Morgan fingerprint density at radius 1 is 1.38 bits per heavy atom. The molecule has 1 aliphatic rings. The van der Waals surface area contributed by atoms with Gasteiger partial charge >= 0.3 is 5.97 Å². The number of hydrogen-bond donors (Lipinski definition) is 2. The molecular weight excluding hydrogens is 266 g/mol. The van der Waals surface area contributed by atoms with Crippen molar-refractivity contribution in [3.63, 3.8) is 0 Å². The van der Waals surface area contributed by atoms with Gasteiger partial charge in [0.15, 0.2) is 0 Å². The summed E-state index contributed by atoms with van der Waals surface area (Å²) >= 11 is 0. The summed E-state index contributed by atoms with van der Waals surface area (Å²) in [6.07, 6.45) is 3.66. The van der Waals surface area contributed by atoms with Crippen LogP contribution in [0.15, 0.2) is 18.2 Å². The van der Waals surface area contributed by atoms with Crippen molar-refractivity contribution in [1.29, 1.82) is 0 Å². The van der Waals surface area contributed by atoms with Gasteiger partial charge in [-0.15, -0.1) is 0 Å². The number of para-hydroxylation sites is 1. The largest absolute Gasteiger partial charge is 0.462 e. The van der Waals surface area contributed by atoms with Gasteiger partial charge in [-0.2, -0.15) is 0 Å². The van der Waals surface area contributed by atoms with E-state index >= 15 is 0 Å². The van der Waals surface area contributed by atoms with E-state index in [1.807, 2.05) is 0 Å². The molecule has 1 heterocycles. The lowest BCUT2D eigenvalue weighted by molar-refractivity contribution is 0.0527. The summed E-state index contributed by atoms with van der Waals surface area (Å²) in [6, 6.07) is 5.32. The highest BCUT2D eigenvalue weighted by Crippen LogP contribution is 2.24. The Bertz CT molecular complexity index is 471. The Morgan fingerprint density at radius 3 is 2.86 bits per heavy atom. The maximum absolute atomic E-state index is 11.9. The average molecular weight is 291 g/mol. The van der Waals surface area contributed by atoms with Gasteiger partial charge in [0.25, 0.3) is 0 Å². The van der Waals surface area contributed by atoms with E-state index in [0.717, 1.165) is 19.5 Å². The molecule has 0 spiro atoms. The lowest BCUT2D eigenvalue weighted by atomic mass is 10.1. The highest BCUT2D eigenvalue weighted by molar-refractivity contribution is 5.98. The van der Waals surface area contributed by atoms with Crippen molar-refractivity contribution < 1.29 is 9.53 Å². The molecule has 1 aliphatic heterocycles. The van der Waals surface area contributed by atoms with Crippen molar-refractivity contribution in [3.8, 4) is 0 Å². The van der Waals surface area contributed by atoms with E-state index < -0.39 is 0 Å². The van der Waals surface area contributed by atoms with Gasteiger partial charge in [0, 0.05) is 6.54 Å². The number of hydrogen-bond acceptors (Lipinski definition) is 5. The number of carbonyl (C=O) groups is 1. The number of anilines is 2. The van der Waals surface area contributed by atoms with E-state index in [1.54, 1.807) is 25.1 Å². The normalized spacial score (nSPS) is 15.1. The molecule has 5 nitrogen and oxygen atoms in total. The molecular formula is C16H25N3O2.